The number of hydrogen-bond acceptors (Lipinski definition) is 3. The van der Waals surface area contributed by atoms with Crippen LogP contribution in [-0.4, -0.2) is 41.1 Å². The van der Waals surface area contributed by atoms with E-state index in [2.05, 4.69) is 0 Å². The lowest BCUT2D eigenvalue weighted by molar-refractivity contribution is -0.139. The Morgan fingerprint density at radius 1 is 1.69 bits per heavy atom. The molecule has 1 unspecified atom stereocenters. The summed E-state index contributed by atoms with van der Waals surface area (Å²) in [7, 11) is 1.68. The average Bonchev–Trinajstić information content (AvgIpc) is 1.97. The highest BCUT2D eigenvalue weighted by molar-refractivity contribution is 5.86. The van der Waals surface area contributed by atoms with Crippen molar-refractivity contribution < 1.29 is 9.90 Å². The molecule has 0 heterocycles. The van der Waals surface area contributed by atoms with E-state index in [0.717, 1.165) is 19.3 Å². The van der Waals surface area contributed by atoms with Gasteiger partial charge in [-0.2, -0.15) is 0 Å². The van der Waals surface area contributed by atoms with Crippen molar-refractivity contribution in [3.63, 3.8) is 0 Å². The van der Waals surface area contributed by atoms with Crippen molar-refractivity contribution in [1.82, 2.24) is 4.90 Å². The molecule has 4 heteroatoms. The summed E-state index contributed by atoms with van der Waals surface area (Å²) in [6.07, 6.45) is 2.09. The van der Waals surface area contributed by atoms with Crippen molar-refractivity contribution in [1.29, 1.82) is 0 Å². The molecule has 1 rings (SSSR count). The highest BCUT2D eigenvalue weighted by Gasteiger charge is 2.41. The quantitative estimate of drug-likeness (QED) is 0.636. The van der Waals surface area contributed by atoms with E-state index in [1.54, 1.807) is 14.0 Å². The Labute approximate surface area is 78.7 Å². The molecule has 0 aromatic carbocycles. The number of carbonyl (C=O) groups is 1. The summed E-state index contributed by atoms with van der Waals surface area (Å²) in [5.41, 5.74) is 5.21. The summed E-state index contributed by atoms with van der Waals surface area (Å²) in [6.45, 7) is 2.02. The highest BCUT2D eigenvalue weighted by atomic mass is 16.3. The second-order valence-electron chi connectivity index (χ2n) is 4.04. The minimum Gasteiger partial charge on any atom is -0.392 e. The van der Waals surface area contributed by atoms with Crippen LogP contribution in [0, 0.1) is 0 Å². The van der Waals surface area contributed by atoms with E-state index in [4.69, 9.17) is 10.8 Å². The Hall–Kier alpha value is -0.610. The first-order chi connectivity index (χ1) is 5.96. The molecule has 0 radical (unpaired) electrons. The molecular formula is C9H18N2O2. The standard InChI is InChI=1S/C9H18N2O2/c1-7(12)6-11(2)8(13)9(10)4-3-5-9/h7,12H,3-6,10H2,1-2H3. The Balaban J connectivity index is 2.46. The van der Waals surface area contributed by atoms with Crippen molar-refractivity contribution in [2.75, 3.05) is 13.6 Å². The fourth-order valence-corrected chi connectivity index (χ4v) is 1.63. The normalized spacial score (nSPS) is 21.8. The monoisotopic (exact) mass is 186 g/mol. The fraction of sp³-hybridized carbons (Fsp3) is 0.889. The summed E-state index contributed by atoms with van der Waals surface area (Å²) in [6, 6.07) is 0. The number of amides is 1. The third kappa shape index (κ3) is 2.19. The Bertz CT molecular complexity index is 200. The molecule has 76 valence electrons. The number of aliphatic hydroxyl groups excluding tert-OH is 1. The third-order valence-corrected chi connectivity index (χ3v) is 2.56. The van der Waals surface area contributed by atoms with Gasteiger partial charge in [-0.05, 0) is 26.2 Å². The molecule has 1 amide bonds. The second-order valence-corrected chi connectivity index (χ2v) is 4.04. The van der Waals surface area contributed by atoms with E-state index in [0.29, 0.717) is 6.54 Å². The van der Waals surface area contributed by atoms with Gasteiger partial charge >= 0.3 is 0 Å². The minimum absolute atomic E-state index is 0.0420. The van der Waals surface area contributed by atoms with Gasteiger partial charge in [0, 0.05) is 13.6 Å². The van der Waals surface area contributed by atoms with Gasteiger partial charge in [0.1, 0.15) is 0 Å². The minimum atomic E-state index is -0.635. The van der Waals surface area contributed by atoms with Crippen LogP contribution in [0.1, 0.15) is 26.2 Å². The van der Waals surface area contributed by atoms with Gasteiger partial charge in [0.25, 0.3) is 0 Å². The van der Waals surface area contributed by atoms with Crippen LogP contribution in [0.25, 0.3) is 0 Å². The smallest absolute Gasteiger partial charge is 0.242 e. The molecule has 1 fully saturated rings. The van der Waals surface area contributed by atoms with Crippen LogP contribution in [-0.2, 0) is 4.79 Å². The largest absolute Gasteiger partial charge is 0.392 e. The Morgan fingerprint density at radius 3 is 2.54 bits per heavy atom. The lowest BCUT2D eigenvalue weighted by Crippen LogP contribution is -2.59. The number of nitrogens with zero attached hydrogens (tertiary/aromatic N) is 1. The SMILES string of the molecule is CC(O)CN(C)C(=O)C1(N)CCC1. The van der Waals surface area contributed by atoms with E-state index in [-0.39, 0.29) is 5.91 Å². The molecular weight excluding hydrogens is 168 g/mol. The van der Waals surface area contributed by atoms with Gasteiger partial charge in [0.15, 0.2) is 0 Å². The predicted octanol–water partition coefficient (Wildman–Crippen LogP) is -0.293. The zero-order valence-corrected chi connectivity index (χ0v) is 8.29. The van der Waals surface area contributed by atoms with Crippen LogP contribution in [0.4, 0.5) is 0 Å². The van der Waals surface area contributed by atoms with E-state index in [1.165, 1.54) is 4.90 Å². The molecule has 0 aromatic rings. The molecule has 1 saturated carbocycles. The van der Waals surface area contributed by atoms with Gasteiger partial charge in [-0.1, -0.05) is 0 Å². The molecule has 0 saturated heterocycles. The van der Waals surface area contributed by atoms with Crippen molar-refractivity contribution in [2.45, 2.75) is 37.8 Å². The van der Waals surface area contributed by atoms with Crippen molar-refractivity contribution in [2.24, 2.45) is 5.73 Å². The summed E-state index contributed by atoms with van der Waals surface area (Å²) in [5, 5.41) is 9.09. The molecule has 0 bridgehead atoms. The summed E-state index contributed by atoms with van der Waals surface area (Å²) in [5.74, 6) is -0.0420. The zero-order chi connectivity index (χ0) is 10.1. The number of carbonyl (C=O) groups excluding carboxylic acids is 1. The van der Waals surface area contributed by atoms with Crippen molar-refractivity contribution >= 4 is 5.91 Å². The molecule has 4 nitrogen and oxygen atoms in total. The number of hydrogen-bond donors (Lipinski definition) is 2. The van der Waals surface area contributed by atoms with E-state index < -0.39 is 11.6 Å². The maximum Gasteiger partial charge on any atom is 0.242 e. The van der Waals surface area contributed by atoms with Gasteiger partial charge in [-0.15, -0.1) is 0 Å². The van der Waals surface area contributed by atoms with Gasteiger partial charge in [-0.25, -0.2) is 0 Å². The molecule has 3 N–H and O–H groups in total. The van der Waals surface area contributed by atoms with Crippen LogP contribution in [0.15, 0.2) is 0 Å². The zero-order valence-electron chi connectivity index (χ0n) is 8.29. The van der Waals surface area contributed by atoms with Crippen molar-refractivity contribution in [3.05, 3.63) is 0 Å². The predicted molar refractivity (Wildman–Crippen MR) is 50.1 cm³/mol. The van der Waals surface area contributed by atoms with Crippen LogP contribution < -0.4 is 5.73 Å². The van der Waals surface area contributed by atoms with Gasteiger partial charge < -0.3 is 15.7 Å². The highest BCUT2D eigenvalue weighted by Crippen LogP contribution is 2.30. The number of likely N-dealkylation sites (N-methyl/N-ethyl adjacent to an activating group) is 1. The number of nitrogens with two attached hydrogens (primary N) is 1. The maximum absolute atomic E-state index is 11.7. The fourth-order valence-electron chi connectivity index (χ4n) is 1.63. The third-order valence-electron chi connectivity index (χ3n) is 2.56. The van der Waals surface area contributed by atoms with Gasteiger partial charge in [0.05, 0.1) is 11.6 Å². The summed E-state index contributed by atoms with van der Waals surface area (Å²) >= 11 is 0. The summed E-state index contributed by atoms with van der Waals surface area (Å²) < 4.78 is 0. The average molecular weight is 186 g/mol. The molecule has 1 aliphatic rings. The maximum atomic E-state index is 11.7. The van der Waals surface area contributed by atoms with E-state index in [9.17, 15) is 4.79 Å². The lowest BCUT2D eigenvalue weighted by Gasteiger charge is -2.39. The van der Waals surface area contributed by atoms with E-state index in [1.807, 2.05) is 0 Å². The summed E-state index contributed by atoms with van der Waals surface area (Å²) in [4.78, 5) is 13.2. The molecule has 13 heavy (non-hydrogen) atoms. The van der Waals surface area contributed by atoms with Crippen LogP contribution >= 0.6 is 0 Å². The molecule has 0 spiro atoms. The van der Waals surface area contributed by atoms with E-state index >= 15 is 0 Å². The first kappa shape index (κ1) is 10.5. The van der Waals surface area contributed by atoms with Gasteiger partial charge in [-0.3, -0.25) is 4.79 Å². The van der Waals surface area contributed by atoms with Crippen molar-refractivity contribution in [3.8, 4) is 0 Å². The molecule has 0 aliphatic heterocycles. The first-order valence-electron chi connectivity index (χ1n) is 4.68. The Kier molecular flexibility index (Phi) is 2.93. The molecule has 1 atom stereocenters. The first-order valence-corrected chi connectivity index (χ1v) is 4.68. The lowest BCUT2D eigenvalue weighted by atomic mass is 9.76. The van der Waals surface area contributed by atoms with Crippen LogP contribution in [0.3, 0.4) is 0 Å². The van der Waals surface area contributed by atoms with Gasteiger partial charge in [0.2, 0.25) is 5.91 Å². The second kappa shape index (κ2) is 3.64. The number of aliphatic hydroxyl groups is 1. The van der Waals surface area contributed by atoms with Crippen LogP contribution in [0.5, 0.6) is 0 Å². The van der Waals surface area contributed by atoms with Crippen LogP contribution in [0.2, 0.25) is 0 Å². The Morgan fingerprint density at radius 2 is 2.23 bits per heavy atom. The topological polar surface area (TPSA) is 66.6 Å². The number of rotatable bonds is 3. The molecule has 1 aliphatic carbocycles. The molecule has 0 aromatic heterocycles.